The van der Waals surface area contributed by atoms with E-state index in [2.05, 4.69) is 4.98 Å². The molecular formula is C10H16N2O3. The number of ether oxygens (including phenoxy) is 1. The van der Waals surface area contributed by atoms with Crippen LogP contribution in [-0.2, 0) is 16.1 Å². The molecule has 0 spiro atoms. The normalized spacial score (nSPS) is 12.5. The second-order valence-corrected chi connectivity index (χ2v) is 3.15. The SMILES string of the molecule is CCOC(=O)C(CC)n1cnc(CO)c1. The first-order chi connectivity index (χ1) is 7.22. The van der Waals surface area contributed by atoms with Crippen LogP contribution in [0.5, 0.6) is 0 Å². The van der Waals surface area contributed by atoms with Crippen molar-refractivity contribution in [1.29, 1.82) is 0 Å². The third-order valence-electron chi connectivity index (χ3n) is 2.12. The van der Waals surface area contributed by atoms with Crippen LogP contribution in [0.25, 0.3) is 0 Å². The van der Waals surface area contributed by atoms with Gasteiger partial charge in [-0.2, -0.15) is 0 Å². The Kier molecular flexibility index (Phi) is 4.30. The van der Waals surface area contributed by atoms with E-state index in [4.69, 9.17) is 9.84 Å². The minimum atomic E-state index is -0.349. The molecule has 0 aliphatic carbocycles. The Morgan fingerprint density at radius 2 is 2.40 bits per heavy atom. The highest BCUT2D eigenvalue weighted by molar-refractivity contribution is 5.74. The molecule has 0 aliphatic rings. The topological polar surface area (TPSA) is 64.4 Å². The highest BCUT2D eigenvalue weighted by Crippen LogP contribution is 2.13. The van der Waals surface area contributed by atoms with Crippen molar-refractivity contribution in [1.82, 2.24) is 9.55 Å². The molecule has 5 nitrogen and oxygen atoms in total. The molecule has 0 amide bonds. The van der Waals surface area contributed by atoms with Crippen molar-refractivity contribution in [3.05, 3.63) is 18.2 Å². The average molecular weight is 212 g/mol. The van der Waals surface area contributed by atoms with Gasteiger partial charge in [-0.3, -0.25) is 0 Å². The molecule has 1 heterocycles. The maximum atomic E-state index is 11.5. The molecule has 1 unspecified atom stereocenters. The molecule has 0 fully saturated rings. The molecule has 0 saturated carbocycles. The maximum Gasteiger partial charge on any atom is 0.329 e. The van der Waals surface area contributed by atoms with Crippen LogP contribution < -0.4 is 0 Å². The van der Waals surface area contributed by atoms with Gasteiger partial charge in [0.2, 0.25) is 0 Å². The number of aliphatic hydroxyl groups excluding tert-OH is 1. The summed E-state index contributed by atoms with van der Waals surface area (Å²) in [5.41, 5.74) is 0.553. The number of carbonyl (C=O) groups is 1. The maximum absolute atomic E-state index is 11.5. The van der Waals surface area contributed by atoms with Gasteiger partial charge in [0, 0.05) is 6.20 Å². The van der Waals surface area contributed by atoms with E-state index in [0.29, 0.717) is 18.7 Å². The Bertz CT molecular complexity index is 322. The van der Waals surface area contributed by atoms with Crippen LogP contribution in [0.15, 0.2) is 12.5 Å². The van der Waals surface area contributed by atoms with Crippen molar-refractivity contribution in [3.8, 4) is 0 Å². The third kappa shape index (κ3) is 2.79. The largest absolute Gasteiger partial charge is 0.464 e. The minimum absolute atomic E-state index is 0.119. The highest BCUT2D eigenvalue weighted by Gasteiger charge is 2.19. The fourth-order valence-corrected chi connectivity index (χ4v) is 1.37. The predicted molar refractivity (Wildman–Crippen MR) is 54.1 cm³/mol. The summed E-state index contributed by atoms with van der Waals surface area (Å²) >= 11 is 0. The van der Waals surface area contributed by atoms with Gasteiger partial charge in [-0.15, -0.1) is 0 Å². The molecule has 1 atom stereocenters. The molecule has 84 valence electrons. The van der Waals surface area contributed by atoms with Gasteiger partial charge in [0.1, 0.15) is 6.04 Å². The second-order valence-electron chi connectivity index (χ2n) is 3.15. The summed E-state index contributed by atoms with van der Waals surface area (Å²) in [5.74, 6) is -0.262. The lowest BCUT2D eigenvalue weighted by Crippen LogP contribution is -2.20. The van der Waals surface area contributed by atoms with E-state index in [1.54, 1.807) is 17.7 Å². The van der Waals surface area contributed by atoms with Gasteiger partial charge in [0.25, 0.3) is 0 Å². The third-order valence-corrected chi connectivity index (χ3v) is 2.12. The Balaban J connectivity index is 2.77. The summed E-state index contributed by atoms with van der Waals surface area (Å²) in [7, 11) is 0. The van der Waals surface area contributed by atoms with Crippen LogP contribution in [0.1, 0.15) is 32.0 Å². The molecule has 1 N–H and O–H groups in total. The number of aliphatic hydroxyl groups is 1. The fraction of sp³-hybridized carbons (Fsp3) is 0.600. The molecule has 1 rings (SSSR count). The first-order valence-electron chi connectivity index (χ1n) is 5.02. The van der Waals surface area contributed by atoms with Gasteiger partial charge in [-0.25, -0.2) is 9.78 Å². The van der Waals surface area contributed by atoms with E-state index in [1.807, 2.05) is 6.92 Å². The molecule has 0 aromatic carbocycles. The Morgan fingerprint density at radius 3 is 2.87 bits per heavy atom. The number of nitrogens with zero attached hydrogens (tertiary/aromatic N) is 2. The number of aromatic nitrogens is 2. The van der Waals surface area contributed by atoms with E-state index in [-0.39, 0.29) is 18.6 Å². The molecule has 1 aromatic heterocycles. The summed E-state index contributed by atoms with van der Waals surface area (Å²) in [6.07, 6.45) is 3.84. The molecule has 15 heavy (non-hydrogen) atoms. The first kappa shape index (κ1) is 11.7. The van der Waals surface area contributed by atoms with E-state index < -0.39 is 0 Å². The molecule has 0 saturated heterocycles. The summed E-state index contributed by atoms with van der Waals surface area (Å²) in [6.45, 7) is 3.93. The van der Waals surface area contributed by atoms with Crippen LogP contribution in [0.3, 0.4) is 0 Å². The zero-order chi connectivity index (χ0) is 11.3. The molecule has 0 aliphatic heterocycles. The van der Waals surface area contributed by atoms with Crippen LogP contribution in [0, 0.1) is 0 Å². The lowest BCUT2D eigenvalue weighted by Gasteiger charge is -2.14. The average Bonchev–Trinajstić information content (AvgIpc) is 2.68. The van der Waals surface area contributed by atoms with Crippen LogP contribution in [0.2, 0.25) is 0 Å². The monoisotopic (exact) mass is 212 g/mol. The van der Waals surface area contributed by atoms with Crippen molar-refractivity contribution in [3.63, 3.8) is 0 Å². The number of carbonyl (C=O) groups excluding carboxylic acids is 1. The predicted octanol–water partition coefficient (Wildman–Crippen LogP) is 0.890. The summed E-state index contributed by atoms with van der Waals surface area (Å²) < 4.78 is 6.61. The molecule has 5 heteroatoms. The number of imidazole rings is 1. The standard InChI is InChI=1S/C10H16N2O3/c1-3-9(10(14)15-4-2)12-5-8(6-13)11-7-12/h5,7,9,13H,3-4,6H2,1-2H3. The number of rotatable bonds is 5. The smallest absolute Gasteiger partial charge is 0.329 e. The van der Waals surface area contributed by atoms with Gasteiger partial charge in [-0.1, -0.05) is 6.92 Å². The highest BCUT2D eigenvalue weighted by atomic mass is 16.5. The lowest BCUT2D eigenvalue weighted by atomic mass is 10.2. The van der Waals surface area contributed by atoms with Crippen molar-refractivity contribution < 1.29 is 14.6 Å². The van der Waals surface area contributed by atoms with Crippen LogP contribution >= 0.6 is 0 Å². The second kappa shape index (κ2) is 5.50. The zero-order valence-electron chi connectivity index (χ0n) is 9.01. The zero-order valence-corrected chi connectivity index (χ0v) is 9.01. The number of hydrogen-bond donors (Lipinski definition) is 1. The van der Waals surface area contributed by atoms with Crippen molar-refractivity contribution in [2.75, 3.05) is 6.61 Å². The van der Waals surface area contributed by atoms with E-state index in [0.717, 1.165) is 0 Å². The summed E-state index contributed by atoms with van der Waals surface area (Å²) in [5, 5.41) is 8.86. The van der Waals surface area contributed by atoms with Gasteiger partial charge < -0.3 is 14.4 Å². The summed E-state index contributed by atoms with van der Waals surface area (Å²) in [4.78, 5) is 15.5. The van der Waals surface area contributed by atoms with Gasteiger partial charge >= 0.3 is 5.97 Å². The number of esters is 1. The van der Waals surface area contributed by atoms with Gasteiger partial charge in [0.05, 0.1) is 25.2 Å². The Hall–Kier alpha value is -1.36. The van der Waals surface area contributed by atoms with Crippen molar-refractivity contribution in [2.24, 2.45) is 0 Å². The summed E-state index contributed by atoms with van der Waals surface area (Å²) in [6, 6.07) is -0.349. The molecule has 1 aromatic rings. The van der Waals surface area contributed by atoms with Crippen molar-refractivity contribution >= 4 is 5.97 Å². The van der Waals surface area contributed by atoms with Gasteiger partial charge in [-0.05, 0) is 13.3 Å². The first-order valence-corrected chi connectivity index (χ1v) is 5.02. The quantitative estimate of drug-likeness (QED) is 0.736. The Morgan fingerprint density at radius 1 is 1.67 bits per heavy atom. The van der Waals surface area contributed by atoms with Gasteiger partial charge in [0.15, 0.2) is 0 Å². The van der Waals surface area contributed by atoms with E-state index in [1.165, 1.54) is 6.33 Å². The molecule has 0 radical (unpaired) electrons. The van der Waals surface area contributed by atoms with Crippen LogP contribution in [0.4, 0.5) is 0 Å². The van der Waals surface area contributed by atoms with E-state index >= 15 is 0 Å². The fourth-order valence-electron chi connectivity index (χ4n) is 1.37. The van der Waals surface area contributed by atoms with Crippen LogP contribution in [-0.4, -0.2) is 27.2 Å². The number of hydrogen-bond acceptors (Lipinski definition) is 4. The van der Waals surface area contributed by atoms with Crippen molar-refractivity contribution in [2.45, 2.75) is 32.9 Å². The Labute approximate surface area is 88.7 Å². The van der Waals surface area contributed by atoms with E-state index in [9.17, 15) is 4.79 Å². The lowest BCUT2D eigenvalue weighted by molar-refractivity contribution is -0.147. The molecular weight excluding hydrogens is 196 g/mol. The minimum Gasteiger partial charge on any atom is -0.464 e. The molecule has 0 bridgehead atoms.